The molecule has 6 nitrogen and oxygen atoms in total. The van der Waals surface area contributed by atoms with Crippen molar-refractivity contribution in [3.63, 3.8) is 0 Å². The highest BCUT2D eigenvalue weighted by molar-refractivity contribution is 7.16. The highest BCUT2D eigenvalue weighted by Crippen LogP contribution is 2.18. The number of carboxylic acid groups (broad SMARTS) is 1. The third-order valence-electron chi connectivity index (χ3n) is 4.06. The average Bonchev–Trinajstić information content (AvgIpc) is 3.31. The molecule has 0 saturated carbocycles. The minimum Gasteiger partial charge on any atom is -0.478 e. The molecule has 0 fully saturated rings. The lowest BCUT2D eigenvalue weighted by Crippen LogP contribution is -2.17. The summed E-state index contributed by atoms with van der Waals surface area (Å²) >= 11 is 1.42. The molecule has 0 radical (unpaired) electrons. The summed E-state index contributed by atoms with van der Waals surface area (Å²) in [6.07, 6.45) is 1.44. The van der Waals surface area contributed by atoms with Crippen LogP contribution < -0.4 is 4.80 Å². The first-order valence-electron chi connectivity index (χ1n) is 8.15. The Labute approximate surface area is 157 Å². The molecule has 27 heavy (non-hydrogen) atoms. The van der Waals surface area contributed by atoms with Crippen molar-refractivity contribution in [1.82, 2.24) is 4.57 Å². The fourth-order valence-electron chi connectivity index (χ4n) is 2.74. The summed E-state index contributed by atoms with van der Waals surface area (Å²) in [6, 6.07) is 17.7. The van der Waals surface area contributed by atoms with Crippen molar-refractivity contribution in [2.45, 2.75) is 6.54 Å². The Morgan fingerprint density at radius 1 is 1.04 bits per heavy atom. The molecule has 2 aromatic heterocycles. The average molecular weight is 378 g/mol. The van der Waals surface area contributed by atoms with Crippen molar-refractivity contribution in [1.29, 1.82) is 0 Å². The standard InChI is InChI=1S/C20H14N2O4S/c23-18(16-5-3-11-26-16)21-20-22(15-4-1-2-6-17(15)27-20)12-13-7-9-14(10-8-13)19(24)25/h1-11H,12H2,(H,24,25). The monoisotopic (exact) mass is 378 g/mol. The van der Waals surface area contributed by atoms with Crippen molar-refractivity contribution in [2.75, 3.05) is 0 Å². The fraction of sp³-hybridized carbons (Fsp3) is 0.0500. The van der Waals surface area contributed by atoms with Gasteiger partial charge in [0.05, 0.1) is 28.6 Å². The number of amides is 1. The van der Waals surface area contributed by atoms with Gasteiger partial charge in [-0.3, -0.25) is 4.79 Å². The van der Waals surface area contributed by atoms with Gasteiger partial charge in [0.25, 0.3) is 0 Å². The van der Waals surface area contributed by atoms with Gasteiger partial charge in [0.2, 0.25) is 0 Å². The van der Waals surface area contributed by atoms with Crippen LogP contribution in [0.25, 0.3) is 10.2 Å². The van der Waals surface area contributed by atoms with E-state index in [-0.39, 0.29) is 11.3 Å². The summed E-state index contributed by atoms with van der Waals surface area (Å²) in [5.74, 6) is -1.22. The third-order valence-corrected chi connectivity index (χ3v) is 5.12. The number of carbonyl (C=O) groups excluding carboxylic acids is 1. The van der Waals surface area contributed by atoms with E-state index in [9.17, 15) is 9.59 Å². The number of carboxylic acids is 1. The van der Waals surface area contributed by atoms with Crippen LogP contribution in [0.5, 0.6) is 0 Å². The topological polar surface area (TPSA) is 84.8 Å². The Morgan fingerprint density at radius 3 is 2.52 bits per heavy atom. The highest BCUT2D eigenvalue weighted by Gasteiger charge is 2.11. The van der Waals surface area contributed by atoms with E-state index in [1.165, 1.54) is 17.6 Å². The maximum absolute atomic E-state index is 12.3. The maximum atomic E-state index is 12.3. The molecular formula is C20H14N2O4S. The van der Waals surface area contributed by atoms with E-state index in [0.717, 1.165) is 15.8 Å². The summed E-state index contributed by atoms with van der Waals surface area (Å²) in [4.78, 5) is 28.2. The van der Waals surface area contributed by atoms with Crippen molar-refractivity contribution >= 4 is 33.4 Å². The molecule has 0 aliphatic carbocycles. The van der Waals surface area contributed by atoms with E-state index in [1.807, 2.05) is 28.8 Å². The molecule has 4 aromatic rings. The molecule has 1 amide bonds. The van der Waals surface area contributed by atoms with Gasteiger partial charge in [0.15, 0.2) is 10.6 Å². The molecule has 2 heterocycles. The summed E-state index contributed by atoms with van der Waals surface area (Å²) in [7, 11) is 0. The SMILES string of the molecule is O=C(O)c1ccc(Cn2c(=NC(=O)c3ccco3)sc3ccccc32)cc1. The van der Waals surface area contributed by atoms with Gasteiger partial charge in [0.1, 0.15) is 0 Å². The van der Waals surface area contributed by atoms with Crippen LogP contribution in [0, 0.1) is 0 Å². The van der Waals surface area contributed by atoms with Gasteiger partial charge >= 0.3 is 11.9 Å². The number of carbonyl (C=O) groups is 2. The molecule has 134 valence electrons. The molecule has 0 atom stereocenters. The molecule has 0 aliphatic rings. The van der Waals surface area contributed by atoms with Gasteiger partial charge in [-0.15, -0.1) is 0 Å². The molecule has 1 N–H and O–H groups in total. The minimum atomic E-state index is -0.963. The van der Waals surface area contributed by atoms with Crippen molar-refractivity contribution in [3.05, 3.63) is 88.6 Å². The molecule has 2 aromatic carbocycles. The molecule has 0 spiro atoms. The normalized spacial score (nSPS) is 11.8. The van der Waals surface area contributed by atoms with E-state index in [0.29, 0.717) is 11.3 Å². The predicted octanol–water partition coefficient (Wildman–Crippen LogP) is 3.78. The quantitative estimate of drug-likeness (QED) is 0.586. The molecular weight excluding hydrogens is 364 g/mol. The van der Waals surface area contributed by atoms with Crippen LogP contribution in [0.1, 0.15) is 26.5 Å². The van der Waals surface area contributed by atoms with Crippen LogP contribution in [0.15, 0.2) is 76.3 Å². The molecule has 0 unspecified atom stereocenters. The fourth-order valence-corrected chi connectivity index (χ4v) is 3.76. The minimum absolute atomic E-state index is 0.185. The van der Waals surface area contributed by atoms with E-state index >= 15 is 0 Å². The Balaban J connectivity index is 1.78. The number of hydrogen-bond acceptors (Lipinski definition) is 4. The van der Waals surface area contributed by atoms with Gasteiger partial charge in [-0.1, -0.05) is 35.6 Å². The first kappa shape index (κ1) is 17.0. The summed E-state index contributed by atoms with van der Waals surface area (Å²) in [5, 5.41) is 9.04. The lowest BCUT2D eigenvalue weighted by molar-refractivity contribution is 0.0696. The van der Waals surface area contributed by atoms with E-state index < -0.39 is 11.9 Å². The van der Waals surface area contributed by atoms with Crippen LogP contribution in [0.4, 0.5) is 0 Å². The number of rotatable bonds is 4. The van der Waals surface area contributed by atoms with Crippen LogP contribution in [0.3, 0.4) is 0 Å². The zero-order valence-corrected chi connectivity index (χ0v) is 14.8. The first-order chi connectivity index (χ1) is 13.1. The number of nitrogens with zero attached hydrogens (tertiary/aromatic N) is 2. The summed E-state index contributed by atoms with van der Waals surface area (Å²) in [6.45, 7) is 0.466. The molecule has 0 saturated heterocycles. The largest absolute Gasteiger partial charge is 0.478 e. The van der Waals surface area contributed by atoms with Gasteiger partial charge in [-0.25, -0.2) is 4.79 Å². The zero-order chi connectivity index (χ0) is 18.8. The molecule has 7 heteroatoms. The number of hydrogen-bond donors (Lipinski definition) is 1. The van der Waals surface area contributed by atoms with Gasteiger partial charge in [-0.2, -0.15) is 4.99 Å². The van der Waals surface area contributed by atoms with E-state index in [2.05, 4.69) is 4.99 Å². The smallest absolute Gasteiger partial charge is 0.335 e. The predicted molar refractivity (Wildman–Crippen MR) is 101 cm³/mol. The third kappa shape index (κ3) is 3.45. The van der Waals surface area contributed by atoms with E-state index in [1.54, 1.807) is 36.4 Å². The second-order valence-electron chi connectivity index (χ2n) is 5.83. The number of thiazole rings is 1. The molecule has 0 aliphatic heterocycles. The number of furan rings is 1. The van der Waals surface area contributed by atoms with Gasteiger partial charge in [-0.05, 0) is 42.0 Å². The molecule has 4 rings (SSSR count). The lowest BCUT2D eigenvalue weighted by atomic mass is 10.1. The van der Waals surface area contributed by atoms with Crippen LogP contribution >= 0.6 is 11.3 Å². The van der Waals surface area contributed by atoms with Gasteiger partial charge in [0, 0.05) is 0 Å². The lowest BCUT2D eigenvalue weighted by Gasteiger charge is -2.06. The zero-order valence-electron chi connectivity index (χ0n) is 14.0. The Kier molecular flexibility index (Phi) is 4.43. The first-order valence-corrected chi connectivity index (χ1v) is 8.96. The van der Waals surface area contributed by atoms with Crippen LogP contribution in [-0.2, 0) is 6.54 Å². The number of aromatic nitrogens is 1. The number of fused-ring (bicyclic) bond motifs is 1. The Morgan fingerprint density at radius 2 is 1.81 bits per heavy atom. The maximum Gasteiger partial charge on any atom is 0.335 e. The number of aromatic carboxylic acids is 1. The Bertz CT molecular complexity index is 1180. The summed E-state index contributed by atoms with van der Waals surface area (Å²) in [5.41, 5.74) is 2.10. The van der Waals surface area contributed by atoms with E-state index in [4.69, 9.17) is 9.52 Å². The van der Waals surface area contributed by atoms with Crippen LogP contribution in [-0.4, -0.2) is 21.6 Å². The highest BCUT2D eigenvalue weighted by atomic mass is 32.1. The summed E-state index contributed by atoms with van der Waals surface area (Å²) < 4.78 is 8.08. The second-order valence-corrected chi connectivity index (χ2v) is 6.84. The van der Waals surface area contributed by atoms with Crippen molar-refractivity contribution < 1.29 is 19.1 Å². The second kappa shape index (κ2) is 7.05. The van der Waals surface area contributed by atoms with Crippen LogP contribution in [0.2, 0.25) is 0 Å². The van der Waals surface area contributed by atoms with Crippen molar-refractivity contribution in [2.24, 2.45) is 4.99 Å². The Hall–Kier alpha value is -3.45. The number of benzene rings is 2. The van der Waals surface area contributed by atoms with Crippen molar-refractivity contribution in [3.8, 4) is 0 Å². The van der Waals surface area contributed by atoms with Gasteiger partial charge < -0.3 is 14.1 Å². The number of para-hydroxylation sites is 1. The molecule has 0 bridgehead atoms.